The molecule has 2 rings (SSSR count). The van der Waals surface area contributed by atoms with Crippen LogP contribution in [0.4, 0.5) is 11.8 Å². The first-order valence-electron chi connectivity index (χ1n) is 3.54. The molecule has 5 nitrogen and oxygen atoms in total. The van der Waals surface area contributed by atoms with Crippen LogP contribution in [-0.4, -0.2) is 15.0 Å². The van der Waals surface area contributed by atoms with Gasteiger partial charge >= 0.3 is 0 Å². The number of nitrogen functional groups attached to an aromatic ring is 2. The summed E-state index contributed by atoms with van der Waals surface area (Å²) >= 11 is 1.48. The van der Waals surface area contributed by atoms with Crippen LogP contribution >= 0.6 is 11.3 Å². The summed E-state index contributed by atoms with van der Waals surface area (Å²) in [7, 11) is 0. The minimum Gasteiger partial charge on any atom is -0.383 e. The highest BCUT2D eigenvalue weighted by molar-refractivity contribution is 7.13. The van der Waals surface area contributed by atoms with Crippen molar-refractivity contribution in [2.75, 3.05) is 11.5 Å². The summed E-state index contributed by atoms with van der Waals surface area (Å²) in [5, 5.41) is 0. The Morgan fingerprint density at radius 1 is 1.23 bits per heavy atom. The van der Waals surface area contributed by atoms with E-state index in [1.165, 1.54) is 11.3 Å². The largest absolute Gasteiger partial charge is 0.383 e. The average Bonchev–Trinajstić information content (AvgIpc) is 2.56. The van der Waals surface area contributed by atoms with Crippen LogP contribution in [0.1, 0.15) is 0 Å². The second-order valence-electron chi connectivity index (χ2n) is 2.39. The van der Waals surface area contributed by atoms with Gasteiger partial charge in [-0.3, -0.25) is 4.98 Å². The summed E-state index contributed by atoms with van der Waals surface area (Å²) in [6.07, 6.45) is 3.32. The molecular formula is C7H7N5S. The van der Waals surface area contributed by atoms with Gasteiger partial charge in [-0.2, -0.15) is 4.98 Å². The molecule has 0 bridgehead atoms. The van der Waals surface area contributed by atoms with Gasteiger partial charge in [0.2, 0.25) is 5.95 Å². The first-order valence-corrected chi connectivity index (χ1v) is 4.42. The smallest absolute Gasteiger partial charge is 0.221 e. The monoisotopic (exact) mass is 193 g/mol. The SMILES string of the molecule is Nc1ncc(-c2cncs2)c(N)n1. The van der Waals surface area contributed by atoms with Crippen LogP contribution in [0.25, 0.3) is 10.4 Å². The van der Waals surface area contributed by atoms with E-state index in [9.17, 15) is 0 Å². The van der Waals surface area contributed by atoms with E-state index in [0.717, 1.165) is 10.4 Å². The minimum absolute atomic E-state index is 0.186. The maximum Gasteiger partial charge on any atom is 0.221 e. The molecule has 2 aromatic heterocycles. The van der Waals surface area contributed by atoms with Crippen LogP contribution in [0.5, 0.6) is 0 Å². The number of hydrogen-bond acceptors (Lipinski definition) is 6. The molecule has 0 saturated carbocycles. The third kappa shape index (κ3) is 1.43. The van der Waals surface area contributed by atoms with Crippen molar-refractivity contribution in [3.63, 3.8) is 0 Å². The highest BCUT2D eigenvalue weighted by Crippen LogP contribution is 2.26. The second kappa shape index (κ2) is 2.98. The van der Waals surface area contributed by atoms with Crippen molar-refractivity contribution in [1.29, 1.82) is 0 Å². The molecule has 0 unspecified atom stereocenters. The first-order chi connectivity index (χ1) is 6.27. The molecule has 0 aliphatic rings. The molecule has 0 radical (unpaired) electrons. The van der Waals surface area contributed by atoms with Crippen molar-refractivity contribution in [2.45, 2.75) is 0 Å². The van der Waals surface area contributed by atoms with Crippen molar-refractivity contribution < 1.29 is 0 Å². The summed E-state index contributed by atoms with van der Waals surface area (Å²) in [6, 6.07) is 0. The van der Waals surface area contributed by atoms with E-state index in [1.54, 1.807) is 17.9 Å². The lowest BCUT2D eigenvalue weighted by atomic mass is 10.3. The standard InChI is InChI=1S/C7H7N5S/c8-6-4(1-11-7(9)12-6)5-2-10-3-13-5/h1-3H,(H4,8,9,11,12). The molecule has 66 valence electrons. The number of hydrogen-bond donors (Lipinski definition) is 2. The van der Waals surface area contributed by atoms with Crippen LogP contribution in [-0.2, 0) is 0 Å². The molecule has 6 heteroatoms. The van der Waals surface area contributed by atoms with E-state index in [0.29, 0.717) is 5.82 Å². The zero-order valence-corrected chi connectivity index (χ0v) is 7.45. The summed E-state index contributed by atoms with van der Waals surface area (Å²) in [5.74, 6) is 0.572. The molecule has 0 aromatic carbocycles. The van der Waals surface area contributed by atoms with Gasteiger partial charge in [0.15, 0.2) is 0 Å². The van der Waals surface area contributed by atoms with E-state index in [1.807, 2.05) is 0 Å². The Morgan fingerprint density at radius 2 is 2.08 bits per heavy atom. The highest BCUT2D eigenvalue weighted by Gasteiger charge is 2.05. The molecule has 2 heterocycles. The molecule has 4 N–H and O–H groups in total. The lowest BCUT2D eigenvalue weighted by Gasteiger charge is -2.00. The third-order valence-electron chi connectivity index (χ3n) is 1.53. The second-order valence-corrected chi connectivity index (χ2v) is 3.28. The minimum atomic E-state index is 0.186. The number of thiazole rings is 1. The number of nitrogens with two attached hydrogens (primary N) is 2. The number of nitrogens with zero attached hydrogens (tertiary/aromatic N) is 3. The lowest BCUT2D eigenvalue weighted by Crippen LogP contribution is -2.00. The predicted octanol–water partition coefficient (Wildman–Crippen LogP) is 0.764. The van der Waals surface area contributed by atoms with Gasteiger partial charge in [-0.1, -0.05) is 0 Å². The summed E-state index contributed by atoms with van der Waals surface area (Å²) in [6.45, 7) is 0. The van der Waals surface area contributed by atoms with Gasteiger partial charge in [0.05, 0.1) is 16.0 Å². The van der Waals surface area contributed by atoms with Crippen molar-refractivity contribution in [1.82, 2.24) is 15.0 Å². The van der Waals surface area contributed by atoms with Gasteiger partial charge in [0.25, 0.3) is 0 Å². The average molecular weight is 193 g/mol. The van der Waals surface area contributed by atoms with Crippen molar-refractivity contribution in [3.05, 3.63) is 17.9 Å². The zero-order valence-electron chi connectivity index (χ0n) is 6.64. The predicted molar refractivity (Wildman–Crippen MR) is 52.0 cm³/mol. The van der Waals surface area contributed by atoms with Gasteiger partial charge in [-0.25, -0.2) is 4.98 Å². The zero-order chi connectivity index (χ0) is 9.26. The Labute approximate surface area is 78.5 Å². The van der Waals surface area contributed by atoms with Crippen LogP contribution in [0, 0.1) is 0 Å². The van der Waals surface area contributed by atoms with Crippen LogP contribution < -0.4 is 11.5 Å². The van der Waals surface area contributed by atoms with E-state index >= 15 is 0 Å². The first kappa shape index (κ1) is 7.93. The lowest BCUT2D eigenvalue weighted by molar-refractivity contribution is 1.20. The molecule has 0 fully saturated rings. The molecule has 13 heavy (non-hydrogen) atoms. The topological polar surface area (TPSA) is 90.7 Å². The fraction of sp³-hybridized carbons (Fsp3) is 0. The summed E-state index contributed by atoms with van der Waals surface area (Å²) in [4.78, 5) is 12.6. The Balaban J connectivity index is 2.53. The quantitative estimate of drug-likeness (QED) is 0.697. The van der Waals surface area contributed by atoms with Crippen molar-refractivity contribution in [3.8, 4) is 10.4 Å². The molecular weight excluding hydrogens is 186 g/mol. The van der Waals surface area contributed by atoms with E-state index in [-0.39, 0.29) is 5.95 Å². The number of anilines is 2. The van der Waals surface area contributed by atoms with E-state index < -0.39 is 0 Å². The normalized spacial score (nSPS) is 10.2. The Morgan fingerprint density at radius 3 is 2.69 bits per heavy atom. The molecule has 0 amide bonds. The fourth-order valence-corrected chi connectivity index (χ4v) is 1.59. The molecule has 0 atom stereocenters. The van der Waals surface area contributed by atoms with E-state index in [2.05, 4.69) is 15.0 Å². The third-order valence-corrected chi connectivity index (χ3v) is 2.34. The van der Waals surface area contributed by atoms with Crippen LogP contribution in [0.15, 0.2) is 17.9 Å². The maximum atomic E-state index is 5.66. The van der Waals surface area contributed by atoms with Crippen molar-refractivity contribution in [2.24, 2.45) is 0 Å². The summed E-state index contributed by atoms with van der Waals surface area (Å²) < 4.78 is 0. The molecule has 0 aliphatic heterocycles. The Hall–Kier alpha value is -1.69. The Bertz CT molecular complexity index is 411. The molecule has 0 aliphatic carbocycles. The fourth-order valence-electron chi connectivity index (χ4n) is 0.948. The van der Waals surface area contributed by atoms with Crippen molar-refractivity contribution >= 4 is 23.1 Å². The maximum absolute atomic E-state index is 5.66. The number of aromatic nitrogens is 3. The molecule has 0 saturated heterocycles. The van der Waals surface area contributed by atoms with E-state index in [4.69, 9.17) is 11.5 Å². The molecule has 2 aromatic rings. The summed E-state index contributed by atoms with van der Waals surface area (Å²) in [5.41, 5.74) is 13.5. The van der Waals surface area contributed by atoms with Gasteiger partial charge in [0.1, 0.15) is 5.82 Å². The number of rotatable bonds is 1. The van der Waals surface area contributed by atoms with Gasteiger partial charge in [-0.05, 0) is 0 Å². The molecule has 0 spiro atoms. The van der Waals surface area contributed by atoms with Gasteiger partial charge in [0, 0.05) is 12.4 Å². The Kier molecular flexibility index (Phi) is 1.82. The highest BCUT2D eigenvalue weighted by atomic mass is 32.1. The van der Waals surface area contributed by atoms with Crippen LogP contribution in [0.3, 0.4) is 0 Å². The van der Waals surface area contributed by atoms with Gasteiger partial charge in [-0.15, -0.1) is 11.3 Å². The van der Waals surface area contributed by atoms with Crippen LogP contribution in [0.2, 0.25) is 0 Å². The van der Waals surface area contributed by atoms with Gasteiger partial charge < -0.3 is 11.5 Å².